The van der Waals surface area contributed by atoms with E-state index in [0.29, 0.717) is 41.2 Å². The summed E-state index contributed by atoms with van der Waals surface area (Å²) in [5.41, 5.74) is 4.06. The molecular formula is C21H21N5O3S2. The number of pyridine rings is 1. The number of nitrogens with one attached hydrogen (secondary N) is 3. The number of hydrogen-bond donors (Lipinski definition) is 3. The summed E-state index contributed by atoms with van der Waals surface area (Å²) in [5.74, 6) is 0.497. The maximum absolute atomic E-state index is 12.7. The van der Waals surface area contributed by atoms with Crippen LogP contribution in [0.1, 0.15) is 22.8 Å². The lowest BCUT2D eigenvalue weighted by Gasteiger charge is -2.08. The highest BCUT2D eigenvalue weighted by atomic mass is 32.2. The molecule has 1 amide bonds. The molecule has 0 unspecified atom stereocenters. The molecule has 0 aliphatic rings. The number of rotatable bonds is 8. The molecule has 4 rings (SSSR count). The van der Waals surface area contributed by atoms with Crippen molar-refractivity contribution in [2.24, 2.45) is 0 Å². The minimum atomic E-state index is -3.29. The predicted molar refractivity (Wildman–Crippen MR) is 123 cm³/mol. The second-order valence-corrected chi connectivity index (χ2v) is 9.65. The highest BCUT2D eigenvalue weighted by molar-refractivity contribution is 7.92. The maximum atomic E-state index is 12.7. The lowest BCUT2D eigenvalue weighted by Crippen LogP contribution is -2.26. The van der Waals surface area contributed by atoms with Gasteiger partial charge < -0.3 is 10.3 Å². The Labute approximate surface area is 183 Å². The Kier molecular flexibility index (Phi) is 6.01. The molecule has 31 heavy (non-hydrogen) atoms. The van der Waals surface area contributed by atoms with Crippen LogP contribution in [0.25, 0.3) is 22.6 Å². The first-order valence-corrected chi connectivity index (χ1v) is 12.3. The summed E-state index contributed by atoms with van der Waals surface area (Å²) in [6.07, 6.45) is 2.19. The molecule has 3 aromatic heterocycles. The predicted octanol–water partition coefficient (Wildman–Crippen LogP) is 3.42. The Morgan fingerprint density at radius 2 is 1.97 bits per heavy atom. The van der Waals surface area contributed by atoms with Gasteiger partial charge in [0.2, 0.25) is 10.0 Å². The Hall–Kier alpha value is -3.24. The van der Waals surface area contributed by atoms with E-state index in [1.807, 2.05) is 29.0 Å². The van der Waals surface area contributed by atoms with Gasteiger partial charge in [0.1, 0.15) is 5.82 Å². The summed E-state index contributed by atoms with van der Waals surface area (Å²) < 4.78 is 25.8. The summed E-state index contributed by atoms with van der Waals surface area (Å²) in [7, 11) is -3.29. The quantitative estimate of drug-likeness (QED) is 0.376. The van der Waals surface area contributed by atoms with Crippen LogP contribution in [-0.2, 0) is 16.4 Å². The number of nitrogens with zero attached hydrogens (tertiary/aromatic N) is 2. The van der Waals surface area contributed by atoms with Crippen molar-refractivity contribution in [2.45, 2.75) is 13.3 Å². The van der Waals surface area contributed by atoms with E-state index in [0.717, 1.165) is 11.1 Å². The summed E-state index contributed by atoms with van der Waals surface area (Å²) in [6, 6.07) is 10.7. The van der Waals surface area contributed by atoms with E-state index in [-0.39, 0.29) is 11.7 Å². The fourth-order valence-corrected chi connectivity index (χ4v) is 4.32. The second-order valence-electron chi connectivity index (χ2n) is 6.86. The summed E-state index contributed by atoms with van der Waals surface area (Å²) >= 11 is 1.57. The zero-order valence-corrected chi connectivity index (χ0v) is 18.4. The first kappa shape index (κ1) is 21.0. The standard InChI is InChI=1S/C21H21N5O3S2/c1-2-31(28,29)26-16-5-3-14(4-6-16)7-10-23-21(27)17-8-11-22-20-18(17)24-19(25-20)15-9-12-30-13-15/h3-6,8-9,11-13,26H,2,7,10H2,1H3,(H,23,27)(H,22,24,25). The number of carbonyl (C=O) groups excluding carboxylic acids is 1. The van der Waals surface area contributed by atoms with Crippen molar-refractivity contribution in [1.82, 2.24) is 20.3 Å². The molecule has 4 aromatic rings. The SMILES string of the molecule is CCS(=O)(=O)Nc1ccc(CCNC(=O)c2ccnc3nc(-c4ccsc4)[nH]c23)cc1. The molecule has 8 nitrogen and oxygen atoms in total. The molecule has 0 aliphatic carbocycles. The smallest absolute Gasteiger partial charge is 0.253 e. The molecule has 160 valence electrons. The molecule has 1 aromatic carbocycles. The average molecular weight is 456 g/mol. The number of aromatic nitrogens is 3. The van der Waals surface area contributed by atoms with E-state index in [4.69, 9.17) is 0 Å². The minimum Gasteiger partial charge on any atom is -0.352 e. The highest BCUT2D eigenvalue weighted by Gasteiger charge is 2.15. The normalized spacial score (nSPS) is 11.5. The van der Waals surface area contributed by atoms with Crippen LogP contribution in [0, 0.1) is 0 Å². The molecule has 0 saturated carbocycles. The van der Waals surface area contributed by atoms with E-state index in [2.05, 4.69) is 25.0 Å². The van der Waals surface area contributed by atoms with Gasteiger partial charge >= 0.3 is 0 Å². The fourth-order valence-electron chi connectivity index (χ4n) is 3.04. The number of imidazole rings is 1. The number of fused-ring (bicyclic) bond motifs is 1. The van der Waals surface area contributed by atoms with Gasteiger partial charge in [0.05, 0.1) is 16.8 Å². The molecule has 0 saturated heterocycles. The van der Waals surface area contributed by atoms with Crippen molar-refractivity contribution >= 4 is 44.1 Å². The van der Waals surface area contributed by atoms with Gasteiger partial charge in [-0.25, -0.2) is 18.4 Å². The number of hydrogen-bond acceptors (Lipinski definition) is 6. The van der Waals surface area contributed by atoms with Crippen LogP contribution in [0.4, 0.5) is 5.69 Å². The van der Waals surface area contributed by atoms with Crippen LogP contribution in [0.15, 0.2) is 53.4 Å². The molecule has 0 bridgehead atoms. The van der Waals surface area contributed by atoms with Crippen LogP contribution in [0.2, 0.25) is 0 Å². The Morgan fingerprint density at radius 3 is 2.68 bits per heavy atom. The van der Waals surface area contributed by atoms with Crippen molar-refractivity contribution < 1.29 is 13.2 Å². The topological polar surface area (TPSA) is 117 Å². The second kappa shape index (κ2) is 8.86. The van der Waals surface area contributed by atoms with Gasteiger partial charge in [-0.2, -0.15) is 11.3 Å². The largest absolute Gasteiger partial charge is 0.352 e. The number of sulfonamides is 1. The van der Waals surface area contributed by atoms with E-state index in [1.54, 1.807) is 42.7 Å². The van der Waals surface area contributed by atoms with Gasteiger partial charge in [0.25, 0.3) is 5.91 Å². The highest BCUT2D eigenvalue weighted by Crippen LogP contribution is 2.23. The first-order chi connectivity index (χ1) is 14.9. The minimum absolute atomic E-state index is 0.0220. The van der Waals surface area contributed by atoms with E-state index < -0.39 is 10.0 Å². The van der Waals surface area contributed by atoms with Crippen molar-refractivity contribution in [3.8, 4) is 11.4 Å². The molecule has 0 fully saturated rings. The lowest BCUT2D eigenvalue weighted by atomic mass is 10.1. The van der Waals surface area contributed by atoms with Crippen LogP contribution in [-0.4, -0.2) is 41.6 Å². The lowest BCUT2D eigenvalue weighted by molar-refractivity contribution is 0.0955. The van der Waals surface area contributed by atoms with E-state index >= 15 is 0 Å². The van der Waals surface area contributed by atoms with Crippen LogP contribution < -0.4 is 10.0 Å². The van der Waals surface area contributed by atoms with Crippen LogP contribution in [0.5, 0.6) is 0 Å². The first-order valence-electron chi connectivity index (χ1n) is 9.70. The number of benzene rings is 1. The van der Waals surface area contributed by atoms with Crippen molar-refractivity contribution in [3.05, 3.63) is 64.5 Å². The van der Waals surface area contributed by atoms with Crippen molar-refractivity contribution in [1.29, 1.82) is 0 Å². The van der Waals surface area contributed by atoms with E-state index in [9.17, 15) is 13.2 Å². The molecule has 3 heterocycles. The monoisotopic (exact) mass is 455 g/mol. The van der Waals surface area contributed by atoms with Gasteiger partial charge in [-0.15, -0.1) is 0 Å². The average Bonchev–Trinajstić information content (AvgIpc) is 3.44. The van der Waals surface area contributed by atoms with Gasteiger partial charge in [-0.1, -0.05) is 12.1 Å². The number of H-pyrrole nitrogens is 1. The molecule has 0 radical (unpaired) electrons. The number of carbonyl (C=O) groups is 1. The number of amides is 1. The zero-order valence-electron chi connectivity index (χ0n) is 16.8. The Bertz CT molecular complexity index is 1300. The number of anilines is 1. The molecule has 0 atom stereocenters. The number of thiophene rings is 1. The third-order valence-corrected chi connectivity index (χ3v) is 6.73. The van der Waals surface area contributed by atoms with Crippen LogP contribution in [0.3, 0.4) is 0 Å². The Morgan fingerprint density at radius 1 is 1.16 bits per heavy atom. The molecule has 0 spiro atoms. The van der Waals surface area contributed by atoms with Gasteiger partial charge in [-0.05, 0) is 48.6 Å². The fraction of sp³-hybridized carbons (Fsp3) is 0.190. The third kappa shape index (κ3) is 4.92. The zero-order chi connectivity index (χ0) is 21.8. The number of aromatic amines is 1. The molecular weight excluding hydrogens is 434 g/mol. The molecule has 3 N–H and O–H groups in total. The van der Waals surface area contributed by atoms with Gasteiger partial charge in [0, 0.05) is 29.4 Å². The van der Waals surface area contributed by atoms with Crippen molar-refractivity contribution in [3.63, 3.8) is 0 Å². The Balaban J connectivity index is 1.39. The maximum Gasteiger partial charge on any atom is 0.253 e. The molecule has 10 heteroatoms. The third-order valence-electron chi connectivity index (χ3n) is 4.74. The molecule has 0 aliphatic heterocycles. The summed E-state index contributed by atoms with van der Waals surface area (Å²) in [5, 5.41) is 6.87. The van der Waals surface area contributed by atoms with E-state index in [1.165, 1.54) is 0 Å². The summed E-state index contributed by atoms with van der Waals surface area (Å²) in [6.45, 7) is 2.02. The summed E-state index contributed by atoms with van der Waals surface area (Å²) in [4.78, 5) is 24.7. The van der Waals surface area contributed by atoms with Crippen LogP contribution >= 0.6 is 11.3 Å². The van der Waals surface area contributed by atoms with Gasteiger partial charge in [-0.3, -0.25) is 9.52 Å². The van der Waals surface area contributed by atoms with Crippen molar-refractivity contribution in [2.75, 3.05) is 17.0 Å². The van der Waals surface area contributed by atoms with Gasteiger partial charge in [0.15, 0.2) is 5.65 Å².